The number of hydrogen-bond acceptors (Lipinski definition) is 5. The van der Waals surface area contributed by atoms with Gasteiger partial charge in [0.15, 0.2) is 24.7 Å². The Morgan fingerprint density at radius 2 is 2.00 bits per heavy atom. The van der Waals surface area contributed by atoms with E-state index in [1.807, 2.05) is 36.9 Å². The molecule has 0 aliphatic carbocycles. The van der Waals surface area contributed by atoms with Crippen molar-refractivity contribution in [3.05, 3.63) is 106 Å². The molecule has 0 fully saturated rings. The SMILES string of the molecule is CCn1cncc1Cn1c(C[N+]2=CC(Cc3ccnc(COc4ccc(Cl)cc4Cl)c3)C2)nc2ccc(C(C)=O)cc21. The van der Waals surface area contributed by atoms with Gasteiger partial charge in [-0.1, -0.05) is 23.2 Å². The largest absolute Gasteiger partial charge is 0.486 e. The molecule has 0 saturated heterocycles. The molecular formula is C32H31Cl2N6O2+. The van der Waals surface area contributed by atoms with Gasteiger partial charge in [0.2, 0.25) is 0 Å². The molecule has 6 rings (SSSR count). The van der Waals surface area contributed by atoms with E-state index in [1.54, 1.807) is 25.1 Å². The highest BCUT2D eigenvalue weighted by Crippen LogP contribution is 2.28. The van der Waals surface area contributed by atoms with Crippen LogP contribution in [-0.4, -0.2) is 47.2 Å². The van der Waals surface area contributed by atoms with Crippen LogP contribution in [-0.2, 0) is 32.7 Å². The Morgan fingerprint density at radius 3 is 2.79 bits per heavy atom. The molecule has 0 amide bonds. The molecule has 1 aliphatic heterocycles. The van der Waals surface area contributed by atoms with E-state index in [0.717, 1.165) is 47.8 Å². The number of hydrogen-bond donors (Lipinski definition) is 0. The number of benzene rings is 2. The van der Waals surface area contributed by atoms with Gasteiger partial charge in [0.1, 0.15) is 18.6 Å². The number of nitrogens with zero attached hydrogens (tertiary/aromatic N) is 6. The molecule has 0 radical (unpaired) electrons. The first-order valence-corrected chi connectivity index (χ1v) is 14.7. The molecule has 10 heteroatoms. The summed E-state index contributed by atoms with van der Waals surface area (Å²) in [6.45, 7) is 7.14. The average Bonchev–Trinajstić information content (AvgIpc) is 3.55. The monoisotopic (exact) mass is 601 g/mol. The van der Waals surface area contributed by atoms with E-state index in [4.69, 9.17) is 32.9 Å². The van der Waals surface area contributed by atoms with Crippen molar-refractivity contribution in [2.75, 3.05) is 6.54 Å². The van der Waals surface area contributed by atoms with Crippen LogP contribution in [0.3, 0.4) is 0 Å². The van der Waals surface area contributed by atoms with Gasteiger partial charge >= 0.3 is 0 Å². The number of carbonyl (C=O) groups is 1. The minimum Gasteiger partial charge on any atom is -0.486 e. The van der Waals surface area contributed by atoms with Gasteiger partial charge in [-0.3, -0.25) is 9.78 Å². The van der Waals surface area contributed by atoms with Crippen LogP contribution in [0.15, 0.2) is 67.3 Å². The lowest BCUT2D eigenvalue weighted by molar-refractivity contribution is -0.573. The van der Waals surface area contributed by atoms with Crippen molar-refractivity contribution < 1.29 is 14.1 Å². The Balaban J connectivity index is 1.15. The maximum Gasteiger partial charge on any atom is 0.200 e. The van der Waals surface area contributed by atoms with Crippen molar-refractivity contribution in [3.63, 3.8) is 0 Å². The Morgan fingerprint density at radius 1 is 1.14 bits per heavy atom. The number of ether oxygens (including phenoxy) is 1. The molecule has 3 aromatic heterocycles. The standard InChI is InChI=1S/C32H31Cl2N6O2/c1-3-39-20-35-14-27(39)17-40-30-12-24(21(2)41)4-6-29(30)37-32(40)18-38-15-23(16-38)10-22-8-9-36-26(11-22)19-42-31-7-5-25(33)13-28(31)34/h4-9,11-15,20,23H,3,10,16-19H2,1-2H3/q+1. The molecule has 0 bridgehead atoms. The van der Waals surface area contributed by atoms with Crippen molar-refractivity contribution >= 4 is 46.2 Å². The van der Waals surface area contributed by atoms with Gasteiger partial charge < -0.3 is 13.9 Å². The van der Waals surface area contributed by atoms with Gasteiger partial charge in [-0.25, -0.2) is 14.5 Å². The number of carbonyl (C=O) groups excluding carboxylic acids is 1. The quantitative estimate of drug-likeness (QED) is 0.132. The minimum absolute atomic E-state index is 0.0447. The first-order chi connectivity index (χ1) is 20.4. The summed E-state index contributed by atoms with van der Waals surface area (Å²) in [7, 11) is 0. The van der Waals surface area contributed by atoms with Gasteiger partial charge in [-0.05, 0) is 74.4 Å². The summed E-state index contributed by atoms with van der Waals surface area (Å²) in [4.78, 5) is 25.9. The first kappa shape index (κ1) is 28.1. The van der Waals surface area contributed by atoms with Crippen LogP contribution in [0.25, 0.3) is 11.0 Å². The molecule has 4 heterocycles. The van der Waals surface area contributed by atoms with Crippen molar-refractivity contribution in [3.8, 4) is 5.75 Å². The summed E-state index contributed by atoms with van der Waals surface area (Å²) in [5, 5.41) is 1.05. The van der Waals surface area contributed by atoms with E-state index in [2.05, 4.69) is 48.9 Å². The van der Waals surface area contributed by atoms with Crippen LogP contribution in [0.2, 0.25) is 10.0 Å². The molecule has 2 aromatic carbocycles. The lowest BCUT2D eigenvalue weighted by Gasteiger charge is -2.20. The normalized spacial score (nSPS) is 14.6. The molecule has 1 atom stereocenters. The van der Waals surface area contributed by atoms with Gasteiger partial charge in [0.05, 0.1) is 46.2 Å². The third-order valence-electron chi connectivity index (χ3n) is 7.58. The summed E-state index contributed by atoms with van der Waals surface area (Å²) in [6, 6.07) is 15.1. The van der Waals surface area contributed by atoms with Gasteiger partial charge in [-0.15, -0.1) is 0 Å². The zero-order chi connectivity index (χ0) is 29.2. The van der Waals surface area contributed by atoms with E-state index in [1.165, 1.54) is 5.56 Å². The van der Waals surface area contributed by atoms with E-state index in [-0.39, 0.29) is 5.78 Å². The number of ketones is 1. The summed E-state index contributed by atoms with van der Waals surface area (Å²) in [5.74, 6) is 2.02. The van der Waals surface area contributed by atoms with E-state index in [9.17, 15) is 4.79 Å². The Kier molecular flexibility index (Phi) is 8.09. The Hall–Kier alpha value is -4.01. The van der Waals surface area contributed by atoms with Crippen LogP contribution in [0, 0.1) is 5.92 Å². The molecule has 0 saturated carbocycles. The highest BCUT2D eigenvalue weighted by atomic mass is 35.5. The van der Waals surface area contributed by atoms with Gasteiger partial charge in [-0.2, -0.15) is 0 Å². The molecule has 5 aromatic rings. The summed E-state index contributed by atoms with van der Waals surface area (Å²) < 4.78 is 12.5. The van der Waals surface area contributed by atoms with Crippen LogP contribution >= 0.6 is 23.2 Å². The number of pyridine rings is 1. The number of Topliss-reactive ketones (excluding diaryl/α,β-unsaturated/α-hetero) is 1. The fourth-order valence-corrected chi connectivity index (χ4v) is 5.84. The fourth-order valence-electron chi connectivity index (χ4n) is 5.38. The smallest absolute Gasteiger partial charge is 0.200 e. The lowest BCUT2D eigenvalue weighted by atomic mass is 9.96. The zero-order valence-corrected chi connectivity index (χ0v) is 25.0. The van der Waals surface area contributed by atoms with Crippen molar-refractivity contribution in [2.45, 2.75) is 46.5 Å². The van der Waals surface area contributed by atoms with Crippen LogP contribution in [0.1, 0.15) is 47.0 Å². The highest BCUT2D eigenvalue weighted by molar-refractivity contribution is 6.35. The predicted octanol–water partition coefficient (Wildman–Crippen LogP) is 6.24. The molecule has 0 spiro atoms. The molecular weight excluding hydrogens is 571 g/mol. The fraction of sp³-hybridized carbons (Fsp3) is 0.281. The number of imidazole rings is 2. The highest BCUT2D eigenvalue weighted by Gasteiger charge is 2.29. The second-order valence-corrected chi connectivity index (χ2v) is 11.5. The van der Waals surface area contributed by atoms with Crippen LogP contribution in [0.5, 0.6) is 5.75 Å². The molecule has 1 aliphatic rings. The van der Waals surface area contributed by atoms with Gasteiger partial charge in [0, 0.05) is 29.5 Å². The number of rotatable bonds is 11. The molecule has 214 valence electrons. The molecule has 8 nitrogen and oxygen atoms in total. The summed E-state index contributed by atoms with van der Waals surface area (Å²) in [5.41, 5.74) is 5.70. The van der Waals surface area contributed by atoms with Crippen LogP contribution in [0.4, 0.5) is 0 Å². The molecule has 42 heavy (non-hydrogen) atoms. The number of aromatic nitrogens is 5. The summed E-state index contributed by atoms with van der Waals surface area (Å²) >= 11 is 12.2. The number of aryl methyl sites for hydroxylation is 1. The Bertz CT molecular complexity index is 1810. The van der Waals surface area contributed by atoms with E-state index >= 15 is 0 Å². The molecule has 0 N–H and O–H groups in total. The topological polar surface area (TPSA) is 77.8 Å². The zero-order valence-electron chi connectivity index (χ0n) is 23.5. The number of fused-ring (bicyclic) bond motifs is 1. The van der Waals surface area contributed by atoms with E-state index < -0.39 is 0 Å². The minimum atomic E-state index is 0.0447. The summed E-state index contributed by atoms with van der Waals surface area (Å²) in [6.07, 6.45) is 8.78. The average molecular weight is 603 g/mol. The second-order valence-electron chi connectivity index (χ2n) is 10.6. The van der Waals surface area contributed by atoms with Crippen LogP contribution < -0.4 is 4.74 Å². The van der Waals surface area contributed by atoms with Gasteiger partial charge in [0.25, 0.3) is 0 Å². The third kappa shape index (κ3) is 6.10. The molecule has 1 unspecified atom stereocenters. The van der Waals surface area contributed by atoms with E-state index in [0.29, 0.717) is 47.0 Å². The second kappa shape index (κ2) is 12.1. The maximum atomic E-state index is 12.1. The lowest BCUT2D eigenvalue weighted by Crippen LogP contribution is -2.37. The van der Waals surface area contributed by atoms with Crippen molar-refractivity contribution in [1.82, 2.24) is 24.1 Å². The Labute approximate surface area is 254 Å². The van der Waals surface area contributed by atoms with Crippen molar-refractivity contribution in [1.29, 1.82) is 0 Å². The number of halogens is 2. The van der Waals surface area contributed by atoms with Crippen molar-refractivity contribution in [2.24, 2.45) is 5.92 Å². The third-order valence-corrected chi connectivity index (χ3v) is 8.11. The maximum absolute atomic E-state index is 12.1. The predicted molar refractivity (Wildman–Crippen MR) is 164 cm³/mol. The first-order valence-electron chi connectivity index (χ1n) is 14.0.